The SMILES string of the molecule is Cc1cccc(C(CN)C(=O)N2CC(C)CC2c2cccc(F)c2)c1. The number of hydrogen-bond acceptors (Lipinski definition) is 2. The fraction of sp³-hybridized carbons (Fsp3) is 0.381. The molecule has 0 spiro atoms. The minimum absolute atomic E-state index is 0.0340. The van der Waals surface area contributed by atoms with Gasteiger partial charge in [0.2, 0.25) is 5.91 Å². The zero-order valence-corrected chi connectivity index (χ0v) is 14.8. The van der Waals surface area contributed by atoms with E-state index in [4.69, 9.17) is 5.73 Å². The largest absolute Gasteiger partial charge is 0.335 e. The second kappa shape index (κ2) is 7.36. The van der Waals surface area contributed by atoms with Crippen LogP contribution in [0.15, 0.2) is 48.5 Å². The van der Waals surface area contributed by atoms with Gasteiger partial charge in [-0.15, -0.1) is 0 Å². The Bertz CT molecular complexity index is 761. The third-order valence-electron chi connectivity index (χ3n) is 5.01. The molecule has 3 rings (SSSR count). The average Bonchev–Trinajstić information content (AvgIpc) is 2.97. The topological polar surface area (TPSA) is 46.3 Å². The highest BCUT2D eigenvalue weighted by Gasteiger charge is 2.37. The number of nitrogens with zero attached hydrogens (tertiary/aromatic N) is 1. The number of nitrogens with two attached hydrogens (primary N) is 1. The third-order valence-corrected chi connectivity index (χ3v) is 5.01. The Hall–Kier alpha value is -2.20. The molecule has 2 N–H and O–H groups in total. The van der Waals surface area contributed by atoms with Gasteiger partial charge in [0.15, 0.2) is 0 Å². The molecule has 1 saturated heterocycles. The van der Waals surface area contributed by atoms with Crippen molar-refractivity contribution in [2.75, 3.05) is 13.1 Å². The minimum atomic E-state index is -0.360. The lowest BCUT2D eigenvalue weighted by Crippen LogP contribution is -2.38. The summed E-state index contributed by atoms with van der Waals surface area (Å²) in [4.78, 5) is 15.1. The highest BCUT2D eigenvalue weighted by molar-refractivity contribution is 5.84. The first-order valence-corrected chi connectivity index (χ1v) is 8.82. The highest BCUT2D eigenvalue weighted by Crippen LogP contribution is 2.37. The van der Waals surface area contributed by atoms with Gasteiger partial charge in [0.25, 0.3) is 0 Å². The number of aryl methyl sites for hydroxylation is 1. The van der Waals surface area contributed by atoms with Gasteiger partial charge in [-0.1, -0.05) is 48.9 Å². The van der Waals surface area contributed by atoms with Crippen LogP contribution in [-0.4, -0.2) is 23.9 Å². The van der Waals surface area contributed by atoms with Crippen molar-refractivity contribution < 1.29 is 9.18 Å². The third kappa shape index (κ3) is 3.74. The molecule has 1 aliphatic rings. The summed E-state index contributed by atoms with van der Waals surface area (Å²) >= 11 is 0. The number of benzene rings is 2. The molecule has 1 amide bonds. The lowest BCUT2D eigenvalue weighted by atomic mass is 9.95. The smallest absolute Gasteiger partial charge is 0.231 e. The summed E-state index contributed by atoms with van der Waals surface area (Å²) in [6.07, 6.45) is 0.848. The number of amides is 1. The fourth-order valence-corrected chi connectivity index (χ4v) is 3.79. The standard InChI is InChI=1S/C21H25FN2O/c1-14-5-3-6-16(9-14)19(12-23)21(25)24-13-15(2)10-20(24)17-7-4-8-18(22)11-17/h3-9,11,15,19-20H,10,12-13,23H2,1-2H3. The maximum absolute atomic E-state index is 13.7. The summed E-state index contributed by atoms with van der Waals surface area (Å²) in [6, 6.07) is 14.4. The Labute approximate surface area is 148 Å². The van der Waals surface area contributed by atoms with Crippen LogP contribution in [0.3, 0.4) is 0 Å². The molecule has 0 aromatic heterocycles. The van der Waals surface area contributed by atoms with Crippen LogP contribution in [-0.2, 0) is 4.79 Å². The molecule has 0 bridgehead atoms. The molecule has 0 radical (unpaired) electrons. The fourth-order valence-electron chi connectivity index (χ4n) is 3.79. The van der Waals surface area contributed by atoms with E-state index in [2.05, 4.69) is 6.92 Å². The van der Waals surface area contributed by atoms with Crippen LogP contribution in [0, 0.1) is 18.7 Å². The van der Waals surface area contributed by atoms with Gasteiger partial charge in [-0.05, 0) is 42.5 Å². The van der Waals surface area contributed by atoms with Crippen molar-refractivity contribution >= 4 is 5.91 Å². The number of hydrogen-bond donors (Lipinski definition) is 1. The van der Waals surface area contributed by atoms with Crippen LogP contribution in [0.5, 0.6) is 0 Å². The number of carbonyl (C=O) groups excluding carboxylic acids is 1. The lowest BCUT2D eigenvalue weighted by molar-refractivity contribution is -0.133. The second-order valence-corrected chi connectivity index (χ2v) is 7.10. The molecule has 3 unspecified atom stereocenters. The molecule has 1 heterocycles. The summed E-state index contributed by atoms with van der Waals surface area (Å²) in [5.74, 6) is -0.209. The molecule has 0 saturated carbocycles. The van der Waals surface area contributed by atoms with Crippen molar-refractivity contribution in [3.05, 3.63) is 71.0 Å². The second-order valence-electron chi connectivity index (χ2n) is 7.10. The van der Waals surface area contributed by atoms with Gasteiger partial charge in [-0.25, -0.2) is 4.39 Å². The molecule has 3 nitrogen and oxygen atoms in total. The zero-order valence-electron chi connectivity index (χ0n) is 14.8. The molecule has 2 aromatic rings. The quantitative estimate of drug-likeness (QED) is 0.920. The predicted molar refractivity (Wildman–Crippen MR) is 97.6 cm³/mol. The summed E-state index contributed by atoms with van der Waals surface area (Å²) in [6.45, 7) is 5.09. The van der Waals surface area contributed by atoms with Gasteiger partial charge < -0.3 is 10.6 Å². The predicted octanol–water partition coefficient (Wildman–Crippen LogP) is 3.79. The van der Waals surface area contributed by atoms with Crippen LogP contribution in [0.2, 0.25) is 0 Å². The first-order valence-electron chi connectivity index (χ1n) is 8.82. The Balaban J connectivity index is 1.90. The van der Waals surface area contributed by atoms with E-state index in [9.17, 15) is 9.18 Å². The van der Waals surface area contributed by atoms with Crippen molar-refractivity contribution in [3.63, 3.8) is 0 Å². The van der Waals surface area contributed by atoms with Gasteiger partial charge in [0.1, 0.15) is 5.82 Å². The van der Waals surface area contributed by atoms with Crippen LogP contribution >= 0.6 is 0 Å². The summed E-state index contributed by atoms with van der Waals surface area (Å²) in [7, 11) is 0. The van der Waals surface area contributed by atoms with Gasteiger partial charge in [-0.3, -0.25) is 4.79 Å². The van der Waals surface area contributed by atoms with Gasteiger partial charge in [0, 0.05) is 13.1 Å². The molecule has 132 valence electrons. The normalized spacial score (nSPS) is 21.4. The Morgan fingerprint density at radius 1 is 1.28 bits per heavy atom. The van der Waals surface area contributed by atoms with Crippen molar-refractivity contribution in [1.29, 1.82) is 0 Å². The summed E-state index contributed by atoms with van der Waals surface area (Å²) in [5, 5.41) is 0. The maximum atomic E-state index is 13.7. The van der Waals surface area contributed by atoms with Crippen LogP contribution in [0.25, 0.3) is 0 Å². The van der Waals surface area contributed by atoms with Crippen LogP contribution in [0.4, 0.5) is 4.39 Å². The number of likely N-dealkylation sites (tertiary alicyclic amines) is 1. The van der Waals surface area contributed by atoms with E-state index in [1.165, 1.54) is 12.1 Å². The Morgan fingerprint density at radius 2 is 2.04 bits per heavy atom. The number of halogens is 1. The van der Waals surface area contributed by atoms with Gasteiger partial charge >= 0.3 is 0 Å². The first-order chi connectivity index (χ1) is 12.0. The molecular formula is C21H25FN2O. The lowest BCUT2D eigenvalue weighted by Gasteiger charge is -2.29. The van der Waals surface area contributed by atoms with E-state index in [0.717, 1.165) is 23.1 Å². The van der Waals surface area contributed by atoms with Crippen LogP contribution < -0.4 is 5.73 Å². The molecule has 4 heteroatoms. The van der Waals surface area contributed by atoms with Gasteiger partial charge in [-0.2, -0.15) is 0 Å². The van der Waals surface area contributed by atoms with E-state index in [1.807, 2.05) is 42.2 Å². The van der Waals surface area contributed by atoms with Crippen molar-refractivity contribution in [1.82, 2.24) is 4.90 Å². The summed E-state index contributed by atoms with van der Waals surface area (Å²) in [5.41, 5.74) is 8.88. The van der Waals surface area contributed by atoms with E-state index in [-0.39, 0.29) is 30.2 Å². The molecule has 1 fully saturated rings. The van der Waals surface area contributed by atoms with E-state index in [1.54, 1.807) is 6.07 Å². The van der Waals surface area contributed by atoms with E-state index < -0.39 is 0 Å². The summed E-state index contributed by atoms with van der Waals surface area (Å²) < 4.78 is 13.7. The molecule has 2 aromatic carbocycles. The molecule has 3 atom stereocenters. The minimum Gasteiger partial charge on any atom is -0.335 e. The number of carbonyl (C=O) groups is 1. The number of rotatable bonds is 4. The van der Waals surface area contributed by atoms with Crippen molar-refractivity contribution in [2.45, 2.75) is 32.2 Å². The molecule has 0 aliphatic carbocycles. The first kappa shape index (κ1) is 17.6. The van der Waals surface area contributed by atoms with Crippen molar-refractivity contribution in [2.24, 2.45) is 11.7 Å². The molecule has 25 heavy (non-hydrogen) atoms. The Kier molecular flexibility index (Phi) is 5.19. The van der Waals surface area contributed by atoms with Crippen LogP contribution in [0.1, 0.15) is 42.0 Å². The van der Waals surface area contributed by atoms with E-state index >= 15 is 0 Å². The highest BCUT2D eigenvalue weighted by atomic mass is 19.1. The molecule has 1 aliphatic heterocycles. The maximum Gasteiger partial charge on any atom is 0.231 e. The molecular weight excluding hydrogens is 315 g/mol. The zero-order chi connectivity index (χ0) is 18.0. The monoisotopic (exact) mass is 340 g/mol. The van der Waals surface area contributed by atoms with Crippen molar-refractivity contribution in [3.8, 4) is 0 Å². The van der Waals surface area contributed by atoms with Gasteiger partial charge in [0.05, 0.1) is 12.0 Å². The Morgan fingerprint density at radius 3 is 2.72 bits per heavy atom. The average molecular weight is 340 g/mol. The van der Waals surface area contributed by atoms with E-state index in [0.29, 0.717) is 12.5 Å².